The second-order valence-corrected chi connectivity index (χ2v) is 9.08. The fourth-order valence-corrected chi connectivity index (χ4v) is 5.02. The summed E-state index contributed by atoms with van der Waals surface area (Å²) in [6, 6.07) is 9.05. The van der Waals surface area contributed by atoms with Gasteiger partial charge in [-0.25, -0.2) is 8.42 Å². The highest BCUT2D eigenvalue weighted by Gasteiger charge is 2.31. The summed E-state index contributed by atoms with van der Waals surface area (Å²) in [7, 11) is -3.55. The highest BCUT2D eigenvalue weighted by atomic mass is 32.2. The van der Waals surface area contributed by atoms with Crippen molar-refractivity contribution in [1.82, 2.24) is 14.5 Å². The Morgan fingerprint density at radius 3 is 2.54 bits per heavy atom. The van der Waals surface area contributed by atoms with Crippen molar-refractivity contribution in [2.45, 2.75) is 31.7 Å². The maximum atomic E-state index is 13.0. The third-order valence-corrected chi connectivity index (χ3v) is 7.12. The first-order valence-electron chi connectivity index (χ1n) is 9.41. The van der Waals surface area contributed by atoms with Gasteiger partial charge in [-0.2, -0.15) is 4.31 Å². The second kappa shape index (κ2) is 8.46. The Hall–Kier alpha value is -2.16. The number of hydrogen-bond acceptors (Lipinski definition) is 5. The van der Waals surface area contributed by atoms with Crippen LogP contribution in [0.3, 0.4) is 0 Å². The van der Waals surface area contributed by atoms with Crippen molar-refractivity contribution in [3.05, 3.63) is 53.5 Å². The molecule has 1 saturated heterocycles. The molecule has 1 aromatic carbocycles. The van der Waals surface area contributed by atoms with E-state index in [-0.39, 0.29) is 18.5 Å². The van der Waals surface area contributed by atoms with E-state index in [1.54, 1.807) is 24.2 Å². The lowest BCUT2D eigenvalue weighted by Crippen LogP contribution is -2.52. The fraction of sp³-hybridized carbons (Fsp3) is 0.450. The van der Waals surface area contributed by atoms with E-state index < -0.39 is 10.0 Å². The molecule has 7 nitrogen and oxygen atoms in total. The number of sulfonamides is 1. The molecule has 0 unspecified atom stereocenters. The highest BCUT2D eigenvalue weighted by molar-refractivity contribution is 7.89. The summed E-state index contributed by atoms with van der Waals surface area (Å²) in [5.74, 6) is 0.736. The predicted molar refractivity (Wildman–Crippen MR) is 106 cm³/mol. The molecule has 28 heavy (non-hydrogen) atoms. The monoisotopic (exact) mass is 405 g/mol. The third-order valence-electron chi connectivity index (χ3n) is 5.08. The number of carbonyl (C=O) groups excluding carboxylic acids is 1. The van der Waals surface area contributed by atoms with Crippen molar-refractivity contribution in [1.29, 1.82) is 0 Å². The third kappa shape index (κ3) is 4.45. The van der Waals surface area contributed by atoms with Gasteiger partial charge in [0.15, 0.2) is 0 Å². The summed E-state index contributed by atoms with van der Waals surface area (Å²) < 4.78 is 32.8. The van der Waals surface area contributed by atoms with Crippen LogP contribution in [-0.2, 0) is 14.8 Å². The zero-order valence-electron chi connectivity index (χ0n) is 16.5. The molecule has 8 heteroatoms. The molecule has 1 atom stereocenters. The van der Waals surface area contributed by atoms with Gasteiger partial charge in [-0.15, -0.1) is 0 Å². The van der Waals surface area contributed by atoms with Crippen molar-refractivity contribution < 1.29 is 17.6 Å². The summed E-state index contributed by atoms with van der Waals surface area (Å²) >= 11 is 0. The highest BCUT2D eigenvalue weighted by Crippen LogP contribution is 2.22. The Bertz CT molecular complexity index is 917. The first kappa shape index (κ1) is 20.6. The number of benzene rings is 1. The van der Waals surface area contributed by atoms with Gasteiger partial charge in [0.1, 0.15) is 5.76 Å². The molecular weight excluding hydrogens is 378 g/mol. The van der Waals surface area contributed by atoms with Crippen molar-refractivity contribution >= 4 is 15.9 Å². The van der Waals surface area contributed by atoms with Gasteiger partial charge in [0.25, 0.3) is 0 Å². The molecule has 1 aliphatic heterocycles. The molecule has 152 valence electrons. The zero-order valence-corrected chi connectivity index (χ0v) is 17.3. The van der Waals surface area contributed by atoms with E-state index in [2.05, 4.69) is 5.32 Å². The maximum Gasteiger partial charge on any atom is 0.243 e. The van der Waals surface area contributed by atoms with Gasteiger partial charge in [0.2, 0.25) is 15.9 Å². The molecule has 0 radical (unpaired) electrons. The largest absolute Gasteiger partial charge is 0.468 e. The molecule has 2 aromatic rings. The lowest BCUT2D eigenvalue weighted by atomic mass is 10.2. The van der Waals surface area contributed by atoms with E-state index in [4.69, 9.17) is 4.42 Å². The zero-order chi connectivity index (χ0) is 20.3. The van der Waals surface area contributed by atoms with E-state index >= 15 is 0 Å². The van der Waals surface area contributed by atoms with Crippen LogP contribution in [0.4, 0.5) is 0 Å². The van der Waals surface area contributed by atoms with Crippen LogP contribution < -0.4 is 5.32 Å². The van der Waals surface area contributed by atoms with Crippen LogP contribution in [0.15, 0.2) is 45.9 Å². The van der Waals surface area contributed by atoms with Crippen molar-refractivity contribution in [3.63, 3.8) is 0 Å². The number of rotatable bonds is 6. The van der Waals surface area contributed by atoms with E-state index in [1.807, 2.05) is 38.1 Å². The Kier molecular flexibility index (Phi) is 6.22. The Morgan fingerprint density at radius 1 is 1.18 bits per heavy atom. The number of aryl methyl sites for hydroxylation is 2. The maximum absolute atomic E-state index is 13.0. The molecule has 1 N–H and O–H groups in total. The van der Waals surface area contributed by atoms with Crippen molar-refractivity contribution in [2.24, 2.45) is 0 Å². The number of carbonyl (C=O) groups is 1. The van der Waals surface area contributed by atoms with Gasteiger partial charge in [-0.05, 0) is 50.1 Å². The van der Waals surface area contributed by atoms with Gasteiger partial charge in [-0.3, -0.25) is 10.1 Å². The number of piperazine rings is 1. The number of nitrogens with one attached hydrogen (secondary N) is 1. The molecule has 3 rings (SSSR count). The van der Waals surface area contributed by atoms with Gasteiger partial charge in [-0.1, -0.05) is 12.1 Å². The Balaban J connectivity index is 1.56. The van der Waals surface area contributed by atoms with E-state index in [9.17, 15) is 13.2 Å². The lowest BCUT2D eigenvalue weighted by Gasteiger charge is -2.34. The summed E-state index contributed by atoms with van der Waals surface area (Å²) in [6.45, 7) is 7.18. The van der Waals surface area contributed by atoms with Crippen LogP contribution in [0.2, 0.25) is 0 Å². The average molecular weight is 406 g/mol. The van der Waals surface area contributed by atoms with E-state index in [1.165, 1.54) is 4.31 Å². The normalized spacial score (nSPS) is 16.9. The number of hydrogen-bond donors (Lipinski definition) is 1. The minimum absolute atomic E-state index is 0.0396. The average Bonchev–Trinajstić information content (AvgIpc) is 3.22. The Labute approximate surface area is 166 Å². The topological polar surface area (TPSA) is 82.9 Å². The second-order valence-electron chi connectivity index (χ2n) is 7.17. The Morgan fingerprint density at radius 2 is 1.89 bits per heavy atom. The molecule has 2 heterocycles. The van der Waals surface area contributed by atoms with E-state index in [0.29, 0.717) is 31.1 Å². The van der Waals surface area contributed by atoms with Gasteiger partial charge >= 0.3 is 0 Å². The smallest absolute Gasteiger partial charge is 0.243 e. The van der Waals surface area contributed by atoms with Gasteiger partial charge < -0.3 is 9.32 Å². The summed E-state index contributed by atoms with van der Waals surface area (Å²) in [6.07, 6.45) is 1.60. The summed E-state index contributed by atoms with van der Waals surface area (Å²) in [4.78, 5) is 14.5. The molecule has 0 saturated carbocycles. The van der Waals surface area contributed by atoms with Crippen LogP contribution in [0, 0.1) is 13.8 Å². The van der Waals surface area contributed by atoms with Crippen LogP contribution in [0.5, 0.6) is 0 Å². The SMILES string of the molecule is Cc1ccc(C)c(S(=O)(=O)N2CCN(C(=O)CN[C@H](C)c3ccco3)CC2)c1. The number of nitrogens with zero attached hydrogens (tertiary/aromatic N) is 2. The minimum Gasteiger partial charge on any atom is -0.468 e. The number of amides is 1. The van der Waals surface area contributed by atoms with Gasteiger partial charge in [0, 0.05) is 26.2 Å². The fourth-order valence-electron chi connectivity index (χ4n) is 3.29. The summed E-state index contributed by atoms with van der Waals surface area (Å²) in [5, 5.41) is 3.15. The van der Waals surface area contributed by atoms with Gasteiger partial charge in [0.05, 0.1) is 23.7 Å². The molecule has 1 fully saturated rings. The van der Waals surface area contributed by atoms with Crippen LogP contribution in [0.1, 0.15) is 29.9 Å². The summed E-state index contributed by atoms with van der Waals surface area (Å²) in [5.41, 5.74) is 1.65. The molecule has 1 aromatic heterocycles. The first-order chi connectivity index (χ1) is 13.3. The quantitative estimate of drug-likeness (QED) is 0.796. The molecule has 0 bridgehead atoms. The lowest BCUT2D eigenvalue weighted by molar-refractivity contribution is -0.131. The van der Waals surface area contributed by atoms with Crippen molar-refractivity contribution in [3.8, 4) is 0 Å². The number of furan rings is 1. The van der Waals surface area contributed by atoms with Crippen LogP contribution in [-0.4, -0.2) is 56.3 Å². The van der Waals surface area contributed by atoms with Crippen LogP contribution in [0.25, 0.3) is 0 Å². The molecule has 1 aliphatic rings. The molecular formula is C20H27N3O4S. The van der Waals surface area contributed by atoms with E-state index in [0.717, 1.165) is 16.9 Å². The predicted octanol–water partition coefficient (Wildman–Crippen LogP) is 2.08. The molecule has 0 spiro atoms. The standard InChI is InChI=1S/C20H27N3O4S/c1-15-6-7-16(2)19(13-15)28(25,26)23-10-8-22(9-11-23)20(24)14-21-17(3)18-5-4-12-27-18/h4-7,12-13,17,21H,8-11,14H2,1-3H3/t17-/m1/s1. The van der Waals surface area contributed by atoms with Crippen molar-refractivity contribution in [2.75, 3.05) is 32.7 Å². The molecule has 1 amide bonds. The first-order valence-corrected chi connectivity index (χ1v) is 10.8. The van der Waals surface area contributed by atoms with Crippen LogP contribution >= 0.6 is 0 Å². The molecule has 0 aliphatic carbocycles. The minimum atomic E-state index is -3.55.